The molecular formula is C63H37N7O. The van der Waals surface area contributed by atoms with Crippen molar-refractivity contribution in [2.24, 2.45) is 0 Å². The molecule has 8 nitrogen and oxygen atoms in total. The first-order valence-corrected chi connectivity index (χ1v) is 22.4. The summed E-state index contributed by atoms with van der Waals surface area (Å²) in [5.74, 6) is -1.88. The summed E-state index contributed by atoms with van der Waals surface area (Å²) < 4.78 is 190. The van der Waals surface area contributed by atoms with Crippen LogP contribution < -0.4 is 0 Å². The van der Waals surface area contributed by atoms with Gasteiger partial charge in [-0.3, -0.25) is 9.13 Å². The number of furan rings is 1. The fourth-order valence-corrected chi connectivity index (χ4v) is 10.5. The van der Waals surface area contributed by atoms with Crippen molar-refractivity contribution in [2.45, 2.75) is 0 Å². The van der Waals surface area contributed by atoms with Crippen molar-refractivity contribution in [1.82, 2.24) is 33.2 Å². The second-order valence-corrected chi connectivity index (χ2v) is 16.9. The minimum Gasteiger partial charge on any atom is -0.456 e. The topological polar surface area (TPSA) is 71.5 Å². The molecule has 71 heavy (non-hydrogen) atoms. The summed E-state index contributed by atoms with van der Waals surface area (Å²) in [6, 6.07) is 19.4. The third-order valence-corrected chi connectivity index (χ3v) is 13.3. The van der Waals surface area contributed by atoms with E-state index in [1.54, 1.807) is 39.5 Å². The van der Waals surface area contributed by atoms with E-state index in [2.05, 4.69) is 0 Å². The van der Waals surface area contributed by atoms with E-state index in [1.807, 2.05) is 78.9 Å². The maximum atomic E-state index is 10.5. The van der Waals surface area contributed by atoms with E-state index in [-0.39, 0.29) is 38.5 Å². The molecule has 0 saturated carbocycles. The molecule has 330 valence electrons. The van der Waals surface area contributed by atoms with E-state index in [9.17, 15) is 15.1 Å². The van der Waals surface area contributed by atoms with E-state index >= 15 is 0 Å². The fraction of sp³-hybridized carbons (Fsp3) is 0. The van der Waals surface area contributed by atoms with Gasteiger partial charge in [0.05, 0.1) is 92.5 Å². The highest BCUT2D eigenvalue weighted by Gasteiger charge is 2.28. The number of fused-ring (bicyclic) bond motifs is 16. The highest BCUT2D eigenvalue weighted by molar-refractivity contribution is 6.25. The summed E-state index contributed by atoms with van der Waals surface area (Å²) in [4.78, 5) is 15.4. The quantitative estimate of drug-likeness (QED) is 0.172. The Morgan fingerprint density at radius 2 is 0.761 bits per heavy atom. The molecule has 0 aliphatic rings. The number of benzene rings is 10. The van der Waals surface area contributed by atoms with E-state index in [0.29, 0.717) is 65.6 Å². The SMILES string of the molecule is [2H]c1c([2H])c(-n2c3ccccc3c3ccccc32)c(-c2nc(-n3c4c([2H])c([2H])c([2H])c([2H])c4c4c([2H])c([2H])c([2H])c([2H])c43)nc(-n3c4c([2H])c([2H])c([2H])c([2H])c4c4c([2H])c([2H])c([2H])c([2H])c43)n2)c(-n2c3ccccc3c3ccc4oc5ccccc5c4c32)c1[2H]. The summed E-state index contributed by atoms with van der Waals surface area (Å²) in [6.45, 7) is 0. The first-order chi connectivity index (χ1) is 43.2. The molecule has 16 aromatic rings. The lowest BCUT2D eigenvalue weighted by atomic mass is 10.1. The molecule has 0 aliphatic heterocycles. The Morgan fingerprint density at radius 3 is 1.30 bits per heavy atom. The lowest BCUT2D eigenvalue weighted by Crippen LogP contribution is -2.12. The Balaban J connectivity index is 1.21. The monoisotopic (exact) mass is 926 g/mol. The molecule has 0 radical (unpaired) electrons. The average molecular weight is 927 g/mol. The first kappa shape index (κ1) is 24.5. The summed E-state index contributed by atoms with van der Waals surface area (Å²) in [5, 5.41) is 2.49. The molecule has 6 heterocycles. The summed E-state index contributed by atoms with van der Waals surface area (Å²) in [5.41, 5.74) is 0.642. The minimum absolute atomic E-state index is 0.112. The number of hydrogen-bond acceptors (Lipinski definition) is 4. The number of hydrogen-bond donors (Lipinski definition) is 0. The van der Waals surface area contributed by atoms with E-state index in [0.717, 1.165) is 9.13 Å². The number of para-hydroxylation sites is 8. The Hall–Kier alpha value is -9.79. The molecule has 16 rings (SSSR count). The second kappa shape index (κ2) is 14.4. The number of nitrogens with zero attached hydrogens (tertiary/aromatic N) is 7. The maximum absolute atomic E-state index is 10.5. The molecule has 0 fully saturated rings. The lowest BCUT2D eigenvalue weighted by Gasteiger charge is -2.20. The standard InChI is InChI=1S/C63H37N7O/c1-9-26-47-38(18-1)39-19-2-10-27-48(39)67(47)54-33-17-34-55(68-49-28-11-7-24-44(49)45-36-37-57-58(60(45)68)46-25-8-16-35-56(46)71-57)59(54)61-64-62(69-50-29-12-3-20-40(50)41-21-4-13-30-51(41)69)66-63(65-61)70-52-31-14-5-22-42(52)43-23-6-15-32-53(43)70/h1-37H/i3D,4D,5D,6D,12D,13D,14D,15D,17D,20D,21D,22D,23D,29D,30D,31D,32D,33D,34D. The van der Waals surface area contributed by atoms with Crippen molar-refractivity contribution in [1.29, 1.82) is 0 Å². The van der Waals surface area contributed by atoms with E-state index in [1.165, 1.54) is 0 Å². The van der Waals surface area contributed by atoms with E-state index in [4.69, 9.17) is 30.3 Å². The van der Waals surface area contributed by atoms with E-state index < -0.39 is 155 Å². The number of aromatic nitrogens is 7. The minimum atomic E-state index is -0.792. The Morgan fingerprint density at radius 1 is 0.324 bits per heavy atom. The van der Waals surface area contributed by atoms with Crippen LogP contribution in [0.25, 0.3) is 144 Å². The number of rotatable bonds is 5. The van der Waals surface area contributed by atoms with Gasteiger partial charge in [0.2, 0.25) is 11.9 Å². The first-order valence-electron chi connectivity index (χ1n) is 31.9. The average Bonchev–Trinajstić information content (AvgIpc) is 1.51. The largest absolute Gasteiger partial charge is 0.456 e. The summed E-state index contributed by atoms with van der Waals surface area (Å²) in [7, 11) is 0. The van der Waals surface area contributed by atoms with Gasteiger partial charge in [-0.15, -0.1) is 0 Å². The normalized spacial score (nSPS) is 16.0. The molecule has 0 amide bonds. The Bertz CT molecular complexity index is 5680. The van der Waals surface area contributed by atoms with Crippen LogP contribution in [0.4, 0.5) is 0 Å². The smallest absolute Gasteiger partial charge is 0.240 e. The molecule has 0 spiro atoms. The molecular weight excluding hydrogens is 871 g/mol. The Kier molecular flexibility index (Phi) is 4.95. The summed E-state index contributed by atoms with van der Waals surface area (Å²) in [6.07, 6.45) is 0. The van der Waals surface area contributed by atoms with Crippen LogP contribution in [0, 0.1) is 0 Å². The van der Waals surface area contributed by atoms with Gasteiger partial charge in [0, 0.05) is 48.5 Å². The van der Waals surface area contributed by atoms with Crippen LogP contribution in [0.1, 0.15) is 26.0 Å². The van der Waals surface area contributed by atoms with Gasteiger partial charge in [0.15, 0.2) is 5.82 Å². The van der Waals surface area contributed by atoms with Crippen molar-refractivity contribution in [3.05, 3.63) is 224 Å². The fourth-order valence-electron chi connectivity index (χ4n) is 10.5. The van der Waals surface area contributed by atoms with Gasteiger partial charge in [0.25, 0.3) is 0 Å². The van der Waals surface area contributed by atoms with Crippen molar-refractivity contribution < 1.29 is 30.5 Å². The van der Waals surface area contributed by atoms with Crippen molar-refractivity contribution in [2.75, 3.05) is 0 Å². The molecule has 8 heteroatoms. The van der Waals surface area contributed by atoms with Gasteiger partial charge in [-0.25, -0.2) is 0 Å². The van der Waals surface area contributed by atoms with Gasteiger partial charge >= 0.3 is 0 Å². The zero-order valence-corrected chi connectivity index (χ0v) is 36.4. The van der Waals surface area contributed by atoms with Crippen molar-refractivity contribution >= 4 is 109 Å². The van der Waals surface area contributed by atoms with Gasteiger partial charge < -0.3 is 13.6 Å². The molecule has 0 bridgehead atoms. The zero-order valence-electron chi connectivity index (χ0n) is 55.4. The third-order valence-electron chi connectivity index (χ3n) is 13.3. The van der Waals surface area contributed by atoms with Crippen LogP contribution in [-0.2, 0) is 0 Å². The highest BCUT2D eigenvalue weighted by Crippen LogP contribution is 2.45. The predicted octanol–water partition coefficient (Wildman–Crippen LogP) is 15.8. The molecule has 0 aliphatic carbocycles. The molecule has 0 saturated heterocycles. The van der Waals surface area contributed by atoms with Gasteiger partial charge in [0.1, 0.15) is 11.2 Å². The van der Waals surface area contributed by atoms with Gasteiger partial charge in [-0.05, 0) is 72.7 Å². The van der Waals surface area contributed by atoms with Crippen LogP contribution >= 0.6 is 0 Å². The molecule has 0 unspecified atom stereocenters. The second-order valence-electron chi connectivity index (χ2n) is 16.9. The highest BCUT2D eigenvalue weighted by atomic mass is 16.3. The van der Waals surface area contributed by atoms with Crippen molar-refractivity contribution in [3.8, 4) is 34.7 Å². The molecule has 6 aromatic heterocycles. The predicted molar refractivity (Wildman–Crippen MR) is 290 cm³/mol. The third kappa shape index (κ3) is 5.25. The lowest BCUT2D eigenvalue weighted by molar-refractivity contribution is 0.669. The zero-order chi connectivity index (χ0) is 62.8. The van der Waals surface area contributed by atoms with Crippen LogP contribution in [0.15, 0.2) is 228 Å². The molecule has 10 aromatic carbocycles. The van der Waals surface area contributed by atoms with Gasteiger partial charge in [-0.1, -0.05) is 151 Å². The van der Waals surface area contributed by atoms with Crippen LogP contribution in [0.3, 0.4) is 0 Å². The molecule has 0 atom stereocenters. The van der Waals surface area contributed by atoms with Crippen LogP contribution in [0.5, 0.6) is 0 Å². The van der Waals surface area contributed by atoms with Crippen LogP contribution in [-0.4, -0.2) is 33.2 Å². The van der Waals surface area contributed by atoms with Crippen LogP contribution in [0.2, 0.25) is 0 Å². The van der Waals surface area contributed by atoms with Crippen molar-refractivity contribution in [3.63, 3.8) is 0 Å². The van der Waals surface area contributed by atoms with Gasteiger partial charge in [-0.2, -0.15) is 15.0 Å². The summed E-state index contributed by atoms with van der Waals surface area (Å²) >= 11 is 0. The Labute approximate surface area is 430 Å². The maximum Gasteiger partial charge on any atom is 0.240 e. The molecule has 0 N–H and O–H groups in total.